The Labute approximate surface area is 132 Å². The molecule has 1 atom stereocenters. The molecule has 1 aliphatic rings. The molecule has 0 aromatic carbocycles. The van der Waals surface area contributed by atoms with E-state index < -0.39 is 0 Å². The van der Waals surface area contributed by atoms with Crippen LogP contribution in [0, 0.1) is 0 Å². The number of aliphatic imine (C=N–C) groups is 1. The van der Waals surface area contributed by atoms with Crippen LogP contribution in [0.25, 0.3) is 0 Å². The molecule has 1 fully saturated rings. The Kier molecular flexibility index (Phi) is 9.94. The molecule has 2 N–H and O–H groups in total. The number of halogens is 1. The van der Waals surface area contributed by atoms with Crippen molar-refractivity contribution < 1.29 is 9.53 Å². The number of guanidine groups is 1. The number of carbonyl (C=O) groups excluding carboxylic acids is 1. The van der Waals surface area contributed by atoms with Crippen molar-refractivity contribution in [3.05, 3.63) is 0 Å². The summed E-state index contributed by atoms with van der Waals surface area (Å²) in [6.45, 7) is 4.86. The van der Waals surface area contributed by atoms with Crippen LogP contribution >= 0.6 is 24.0 Å². The third-order valence-electron chi connectivity index (χ3n) is 3.01. The first-order chi connectivity index (χ1) is 8.71. The molecule has 19 heavy (non-hydrogen) atoms. The molecule has 0 spiro atoms. The molecule has 6 nitrogen and oxygen atoms in total. The molecule has 1 saturated heterocycles. The maximum absolute atomic E-state index is 11.6. The lowest BCUT2D eigenvalue weighted by molar-refractivity contribution is -0.129. The van der Waals surface area contributed by atoms with E-state index in [9.17, 15) is 4.79 Å². The van der Waals surface area contributed by atoms with Crippen LogP contribution in [0.2, 0.25) is 0 Å². The zero-order chi connectivity index (χ0) is 13.4. The van der Waals surface area contributed by atoms with Crippen molar-refractivity contribution in [1.82, 2.24) is 15.5 Å². The molecular formula is C12H25IN4O2. The van der Waals surface area contributed by atoms with Gasteiger partial charge < -0.3 is 20.3 Å². The van der Waals surface area contributed by atoms with Crippen LogP contribution in [0.5, 0.6) is 0 Å². The van der Waals surface area contributed by atoms with Crippen LogP contribution in [-0.2, 0) is 9.53 Å². The van der Waals surface area contributed by atoms with Crippen molar-refractivity contribution in [1.29, 1.82) is 0 Å². The number of rotatable bonds is 5. The normalized spacial score (nSPS) is 19.0. The summed E-state index contributed by atoms with van der Waals surface area (Å²) >= 11 is 0. The van der Waals surface area contributed by atoms with Crippen molar-refractivity contribution in [2.45, 2.75) is 25.8 Å². The van der Waals surface area contributed by atoms with E-state index in [0.29, 0.717) is 13.0 Å². The first-order valence-electron chi connectivity index (χ1n) is 6.45. The van der Waals surface area contributed by atoms with Gasteiger partial charge in [-0.15, -0.1) is 24.0 Å². The number of hydrogen-bond donors (Lipinski definition) is 2. The second-order valence-corrected chi connectivity index (χ2v) is 4.32. The van der Waals surface area contributed by atoms with E-state index >= 15 is 0 Å². The first kappa shape index (κ1) is 18.4. The van der Waals surface area contributed by atoms with Crippen LogP contribution in [0.3, 0.4) is 0 Å². The molecule has 1 aliphatic heterocycles. The zero-order valence-corrected chi connectivity index (χ0v) is 14.3. The molecule has 1 unspecified atom stereocenters. The van der Waals surface area contributed by atoms with Crippen molar-refractivity contribution in [2.24, 2.45) is 4.99 Å². The van der Waals surface area contributed by atoms with Gasteiger partial charge in [-0.3, -0.25) is 9.79 Å². The van der Waals surface area contributed by atoms with Gasteiger partial charge in [0.1, 0.15) is 0 Å². The Bertz CT molecular complexity index is 299. The Hall–Kier alpha value is -0.570. The van der Waals surface area contributed by atoms with Crippen LogP contribution in [0.15, 0.2) is 4.99 Å². The van der Waals surface area contributed by atoms with Gasteiger partial charge in [-0.2, -0.15) is 0 Å². The van der Waals surface area contributed by atoms with Crippen molar-refractivity contribution in [2.75, 3.05) is 40.4 Å². The highest BCUT2D eigenvalue weighted by Gasteiger charge is 2.25. The maximum Gasteiger partial charge on any atom is 0.222 e. The number of methoxy groups -OCH3 is 1. The second-order valence-electron chi connectivity index (χ2n) is 4.32. The molecule has 0 bridgehead atoms. The lowest BCUT2D eigenvalue weighted by Gasteiger charge is -2.18. The van der Waals surface area contributed by atoms with Crippen molar-refractivity contribution in [3.8, 4) is 0 Å². The number of likely N-dealkylation sites (tertiary alicyclic amines) is 1. The minimum atomic E-state index is 0. The lowest BCUT2D eigenvalue weighted by Crippen LogP contribution is -2.45. The third kappa shape index (κ3) is 6.42. The summed E-state index contributed by atoms with van der Waals surface area (Å²) in [6.07, 6.45) is 1.55. The SMILES string of the molecule is CCC(=O)N1CCC(NC(=NC)NCCOC)C1.I. The Balaban J connectivity index is 0.00000324. The highest BCUT2D eigenvalue weighted by molar-refractivity contribution is 14.0. The highest BCUT2D eigenvalue weighted by Crippen LogP contribution is 2.10. The van der Waals surface area contributed by atoms with Crippen molar-refractivity contribution in [3.63, 3.8) is 0 Å². The van der Waals surface area contributed by atoms with Crippen LogP contribution < -0.4 is 10.6 Å². The highest BCUT2D eigenvalue weighted by atomic mass is 127. The fraction of sp³-hybridized carbons (Fsp3) is 0.833. The molecule has 1 heterocycles. The lowest BCUT2D eigenvalue weighted by atomic mass is 10.3. The fourth-order valence-corrected chi connectivity index (χ4v) is 1.99. The van der Waals surface area contributed by atoms with E-state index in [1.807, 2.05) is 11.8 Å². The Morgan fingerprint density at radius 1 is 1.53 bits per heavy atom. The Morgan fingerprint density at radius 2 is 2.26 bits per heavy atom. The summed E-state index contributed by atoms with van der Waals surface area (Å²) < 4.78 is 4.97. The summed E-state index contributed by atoms with van der Waals surface area (Å²) in [5.41, 5.74) is 0. The fourth-order valence-electron chi connectivity index (χ4n) is 1.99. The standard InChI is InChI=1S/C12H24N4O2.HI/c1-4-11(17)16-7-5-10(9-16)15-12(13-2)14-6-8-18-3;/h10H,4-9H2,1-3H3,(H2,13,14,15);1H. The van der Waals surface area contributed by atoms with Gasteiger partial charge in [0.25, 0.3) is 0 Å². The van der Waals surface area contributed by atoms with Crippen LogP contribution in [0.4, 0.5) is 0 Å². The van der Waals surface area contributed by atoms with E-state index in [1.165, 1.54) is 0 Å². The summed E-state index contributed by atoms with van der Waals surface area (Å²) in [6, 6.07) is 0.286. The molecule has 7 heteroatoms. The summed E-state index contributed by atoms with van der Waals surface area (Å²) in [5, 5.41) is 6.49. The molecular weight excluding hydrogens is 359 g/mol. The van der Waals surface area contributed by atoms with E-state index in [-0.39, 0.29) is 35.9 Å². The van der Waals surface area contributed by atoms with Gasteiger partial charge in [0.15, 0.2) is 5.96 Å². The zero-order valence-electron chi connectivity index (χ0n) is 11.9. The minimum absolute atomic E-state index is 0. The number of nitrogens with one attached hydrogen (secondary N) is 2. The van der Waals surface area contributed by atoms with Gasteiger partial charge in [-0.1, -0.05) is 6.92 Å². The van der Waals surface area contributed by atoms with E-state index in [1.54, 1.807) is 14.2 Å². The molecule has 0 aliphatic carbocycles. The average molecular weight is 384 g/mol. The molecule has 0 radical (unpaired) electrons. The summed E-state index contributed by atoms with van der Waals surface area (Å²) in [5.74, 6) is 0.990. The van der Waals surface area contributed by atoms with Gasteiger partial charge >= 0.3 is 0 Å². The third-order valence-corrected chi connectivity index (χ3v) is 3.01. The van der Waals surface area contributed by atoms with Gasteiger partial charge in [-0.25, -0.2) is 0 Å². The van der Waals surface area contributed by atoms with Crippen LogP contribution in [-0.4, -0.2) is 63.2 Å². The average Bonchev–Trinajstić information content (AvgIpc) is 2.85. The second kappa shape index (κ2) is 10.2. The summed E-state index contributed by atoms with van der Waals surface area (Å²) in [4.78, 5) is 17.6. The van der Waals surface area contributed by atoms with Crippen LogP contribution in [0.1, 0.15) is 19.8 Å². The molecule has 0 aromatic heterocycles. The predicted octanol–water partition coefficient (Wildman–Crippen LogP) is 0.427. The number of ether oxygens (including phenoxy) is 1. The van der Waals surface area contributed by atoms with Gasteiger partial charge in [-0.05, 0) is 6.42 Å². The molecule has 112 valence electrons. The van der Waals surface area contributed by atoms with E-state index in [4.69, 9.17) is 4.74 Å². The number of carbonyl (C=O) groups is 1. The van der Waals surface area contributed by atoms with Gasteiger partial charge in [0, 0.05) is 46.3 Å². The smallest absolute Gasteiger partial charge is 0.222 e. The predicted molar refractivity (Wildman–Crippen MR) is 87.1 cm³/mol. The molecule has 1 rings (SSSR count). The molecule has 0 saturated carbocycles. The maximum atomic E-state index is 11.6. The number of hydrogen-bond acceptors (Lipinski definition) is 3. The summed E-state index contributed by atoms with van der Waals surface area (Å²) in [7, 11) is 3.41. The monoisotopic (exact) mass is 384 g/mol. The number of nitrogens with zero attached hydrogens (tertiary/aromatic N) is 2. The van der Waals surface area contributed by atoms with Gasteiger partial charge in [0.05, 0.1) is 6.61 Å². The molecule has 1 amide bonds. The molecule has 0 aromatic rings. The number of amides is 1. The van der Waals surface area contributed by atoms with Crippen molar-refractivity contribution >= 4 is 35.8 Å². The van der Waals surface area contributed by atoms with E-state index in [0.717, 1.165) is 32.0 Å². The first-order valence-corrected chi connectivity index (χ1v) is 6.45. The Morgan fingerprint density at radius 3 is 2.84 bits per heavy atom. The van der Waals surface area contributed by atoms with Gasteiger partial charge in [0.2, 0.25) is 5.91 Å². The van der Waals surface area contributed by atoms with E-state index in [2.05, 4.69) is 15.6 Å². The minimum Gasteiger partial charge on any atom is -0.383 e. The topological polar surface area (TPSA) is 66.0 Å². The largest absolute Gasteiger partial charge is 0.383 e. The quantitative estimate of drug-likeness (QED) is 0.312.